The first-order valence-electron chi connectivity index (χ1n) is 6.66. The van der Waals surface area contributed by atoms with E-state index in [4.69, 9.17) is 0 Å². The Kier molecular flexibility index (Phi) is 5.11. The molecule has 108 valence electrons. The lowest BCUT2D eigenvalue weighted by atomic mass is 9.79. The maximum Gasteiger partial charge on any atom is 0.243 e. The predicted octanol–water partition coefficient (Wildman–Crippen LogP) is 0.477. The third-order valence-corrected chi connectivity index (χ3v) is 3.31. The summed E-state index contributed by atoms with van der Waals surface area (Å²) in [5, 5.41) is 2.80. The van der Waals surface area contributed by atoms with Crippen molar-refractivity contribution in [3.63, 3.8) is 0 Å². The molecule has 0 aromatic rings. The maximum absolute atomic E-state index is 12.0. The van der Waals surface area contributed by atoms with Gasteiger partial charge in [-0.1, -0.05) is 6.08 Å². The van der Waals surface area contributed by atoms with Crippen LogP contribution >= 0.6 is 0 Å². The Bertz CT molecular complexity index is 377. The molecule has 5 nitrogen and oxygen atoms in total. The van der Waals surface area contributed by atoms with Crippen molar-refractivity contribution in [2.45, 2.75) is 26.8 Å². The highest BCUT2D eigenvalue weighted by Crippen LogP contribution is 2.32. The minimum atomic E-state index is -0.435. The summed E-state index contributed by atoms with van der Waals surface area (Å²) >= 11 is 0. The molecule has 0 aromatic heterocycles. The SMILES string of the molecule is CC(C)N1CC(C)(CNC(=O)/C=C/CN(C)C)C1=O. The minimum Gasteiger partial charge on any atom is -0.351 e. The summed E-state index contributed by atoms with van der Waals surface area (Å²) in [4.78, 5) is 27.4. The van der Waals surface area contributed by atoms with Gasteiger partial charge in [0, 0.05) is 31.8 Å². The van der Waals surface area contributed by atoms with E-state index in [1.807, 2.05) is 44.7 Å². The molecule has 5 heteroatoms. The van der Waals surface area contributed by atoms with Crippen molar-refractivity contribution in [3.8, 4) is 0 Å². The summed E-state index contributed by atoms with van der Waals surface area (Å²) in [5.41, 5.74) is -0.435. The zero-order valence-corrected chi connectivity index (χ0v) is 12.6. The summed E-state index contributed by atoms with van der Waals surface area (Å²) in [5.74, 6) is -0.0149. The highest BCUT2D eigenvalue weighted by Gasteiger charge is 2.48. The average Bonchev–Trinajstić information content (AvgIpc) is 2.32. The van der Waals surface area contributed by atoms with Gasteiger partial charge in [0.1, 0.15) is 0 Å². The third-order valence-electron chi connectivity index (χ3n) is 3.31. The standard InChI is InChI=1S/C14H25N3O2/c1-11(2)17-10-14(3,13(17)19)9-15-12(18)7-6-8-16(4)5/h6-7,11H,8-10H2,1-5H3,(H,15,18)/b7-6+. The summed E-state index contributed by atoms with van der Waals surface area (Å²) < 4.78 is 0. The van der Waals surface area contributed by atoms with E-state index in [9.17, 15) is 9.59 Å². The molecule has 1 rings (SSSR count). The van der Waals surface area contributed by atoms with Crippen LogP contribution in [0.15, 0.2) is 12.2 Å². The normalized spacial score (nSPS) is 23.3. The van der Waals surface area contributed by atoms with Gasteiger partial charge in [0.15, 0.2) is 0 Å². The first-order valence-corrected chi connectivity index (χ1v) is 6.66. The number of carbonyl (C=O) groups excluding carboxylic acids is 2. The highest BCUT2D eigenvalue weighted by atomic mass is 16.2. The molecule has 0 radical (unpaired) electrons. The quantitative estimate of drug-likeness (QED) is 0.562. The first-order chi connectivity index (χ1) is 8.76. The summed E-state index contributed by atoms with van der Waals surface area (Å²) in [6.45, 7) is 7.74. The predicted molar refractivity (Wildman–Crippen MR) is 75.7 cm³/mol. The van der Waals surface area contributed by atoms with Crippen molar-refractivity contribution in [1.82, 2.24) is 15.1 Å². The van der Waals surface area contributed by atoms with Gasteiger partial charge in [-0.25, -0.2) is 0 Å². The van der Waals surface area contributed by atoms with E-state index in [2.05, 4.69) is 5.32 Å². The van der Waals surface area contributed by atoms with Crippen LogP contribution in [0.1, 0.15) is 20.8 Å². The van der Waals surface area contributed by atoms with Crippen LogP contribution in [-0.2, 0) is 9.59 Å². The van der Waals surface area contributed by atoms with Gasteiger partial charge in [-0.2, -0.15) is 0 Å². The average molecular weight is 267 g/mol. The number of amides is 2. The van der Waals surface area contributed by atoms with Gasteiger partial charge in [0.25, 0.3) is 0 Å². The molecule has 0 bridgehead atoms. The molecule has 0 aromatic carbocycles. The topological polar surface area (TPSA) is 52.7 Å². The highest BCUT2D eigenvalue weighted by molar-refractivity contribution is 5.91. The van der Waals surface area contributed by atoms with Crippen LogP contribution in [0.4, 0.5) is 0 Å². The van der Waals surface area contributed by atoms with E-state index in [0.29, 0.717) is 13.1 Å². The Hall–Kier alpha value is -1.36. The second-order valence-corrected chi connectivity index (χ2v) is 5.97. The number of carbonyl (C=O) groups is 2. The number of hydrogen-bond acceptors (Lipinski definition) is 3. The number of hydrogen-bond donors (Lipinski definition) is 1. The van der Waals surface area contributed by atoms with Crippen LogP contribution in [-0.4, -0.2) is 61.4 Å². The van der Waals surface area contributed by atoms with Crippen LogP contribution in [0.2, 0.25) is 0 Å². The Morgan fingerprint density at radius 1 is 1.53 bits per heavy atom. The van der Waals surface area contributed by atoms with Crippen molar-refractivity contribution >= 4 is 11.8 Å². The molecule has 0 saturated carbocycles. The van der Waals surface area contributed by atoms with E-state index < -0.39 is 5.41 Å². The van der Waals surface area contributed by atoms with Crippen molar-refractivity contribution in [3.05, 3.63) is 12.2 Å². The lowest BCUT2D eigenvalue weighted by Crippen LogP contribution is -2.65. The molecule has 1 heterocycles. The zero-order valence-electron chi connectivity index (χ0n) is 12.6. The van der Waals surface area contributed by atoms with Crippen LogP contribution in [0.3, 0.4) is 0 Å². The first kappa shape index (κ1) is 15.7. The largest absolute Gasteiger partial charge is 0.351 e. The molecule has 1 atom stereocenters. The van der Waals surface area contributed by atoms with Crippen molar-refractivity contribution in [2.24, 2.45) is 5.41 Å². The molecule has 2 amide bonds. The number of nitrogens with one attached hydrogen (secondary N) is 1. The Labute approximate surface area is 115 Å². The zero-order chi connectivity index (χ0) is 14.6. The molecule has 0 spiro atoms. The van der Waals surface area contributed by atoms with Crippen LogP contribution in [0.5, 0.6) is 0 Å². The Morgan fingerprint density at radius 2 is 2.16 bits per heavy atom. The van der Waals surface area contributed by atoms with Gasteiger partial charge in [-0.05, 0) is 34.9 Å². The number of likely N-dealkylation sites (tertiary alicyclic amines) is 1. The van der Waals surface area contributed by atoms with Crippen LogP contribution < -0.4 is 5.32 Å². The van der Waals surface area contributed by atoms with Gasteiger partial charge >= 0.3 is 0 Å². The summed E-state index contributed by atoms with van der Waals surface area (Å²) in [7, 11) is 3.88. The van der Waals surface area contributed by atoms with Crippen molar-refractivity contribution in [2.75, 3.05) is 33.7 Å². The van der Waals surface area contributed by atoms with Crippen molar-refractivity contribution < 1.29 is 9.59 Å². The van der Waals surface area contributed by atoms with E-state index in [1.165, 1.54) is 6.08 Å². The van der Waals surface area contributed by atoms with E-state index in [1.54, 1.807) is 6.08 Å². The Morgan fingerprint density at radius 3 is 2.63 bits per heavy atom. The van der Waals surface area contributed by atoms with E-state index >= 15 is 0 Å². The number of β-lactam (4-membered cyclic amide) rings is 1. The molecule has 1 unspecified atom stereocenters. The number of likely N-dealkylation sites (N-methyl/N-ethyl adjacent to an activating group) is 1. The lowest BCUT2D eigenvalue weighted by molar-refractivity contribution is -0.161. The molecule has 0 aliphatic carbocycles. The summed E-state index contributed by atoms with van der Waals surface area (Å²) in [6.07, 6.45) is 3.33. The smallest absolute Gasteiger partial charge is 0.243 e. The fraction of sp³-hybridized carbons (Fsp3) is 0.714. The molecule has 1 N–H and O–H groups in total. The number of nitrogens with zero attached hydrogens (tertiary/aromatic N) is 2. The van der Waals surface area contributed by atoms with Gasteiger partial charge < -0.3 is 15.1 Å². The van der Waals surface area contributed by atoms with E-state index in [-0.39, 0.29) is 17.9 Å². The van der Waals surface area contributed by atoms with Crippen LogP contribution in [0.25, 0.3) is 0 Å². The molecule has 1 saturated heterocycles. The third kappa shape index (κ3) is 4.06. The molecular formula is C14H25N3O2. The maximum atomic E-state index is 12.0. The van der Waals surface area contributed by atoms with E-state index in [0.717, 1.165) is 6.54 Å². The molecule has 1 aliphatic heterocycles. The second-order valence-electron chi connectivity index (χ2n) is 5.97. The fourth-order valence-electron chi connectivity index (χ4n) is 2.03. The molecule has 1 aliphatic rings. The van der Waals surface area contributed by atoms with Crippen molar-refractivity contribution in [1.29, 1.82) is 0 Å². The van der Waals surface area contributed by atoms with Gasteiger partial charge in [0.2, 0.25) is 11.8 Å². The summed E-state index contributed by atoms with van der Waals surface area (Å²) in [6, 6.07) is 0.233. The van der Waals surface area contributed by atoms with Gasteiger partial charge in [-0.3, -0.25) is 9.59 Å². The fourth-order valence-corrected chi connectivity index (χ4v) is 2.03. The molecule has 1 fully saturated rings. The lowest BCUT2D eigenvalue weighted by Gasteiger charge is -2.48. The van der Waals surface area contributed by atoms with Gasteiger partial charge in [0.05, 0.1) is 5.41 Å². The second kappa shape index (κ2) is 6.19. The van der Waals surface area contributed by atoms with Gasteiger partial charge in [-0.15, -0.1) is 0 Å². The van der Waals surface area contributed by atoms with Crippen LogP contribution in [0, 0.1) is 5.41 Å². The number of rotatable bonds is 6. The Balaban J connectivity index is 2.35. The monoisotopic (exact) mass is 267 g/mol. The minimum absolute atomic E-state index is 0.125. The molecular weight excluding hydrogens is 242 g/mol. The molecule has 19 heavy (non-hydrogen) atoms.